The Labute approximate surface area is 532 Å². The molecular formula is C66H76Cl2F6N4O10S2. The molecule has 10 atom stereocenters. The third kappa shape index (κ3) is 14.9. The van der Waals surface area contributed by atoms with Crippen LogP contribution in [0.2, 0.25) is 10.0 Å². The zero-order valence-electron chi connectivity index (χ0n) is 49.7. The number of anilines is 2. The topological polar surface area (TPSA) is 192 Å². The number of hydrogen-bond donors (Lipinski definition) is 4. The molecule has 10 rings (SSSR count). The summed E-state index contributed by atoms with van der Waals surface area (Å²) in [6.07, 6.45) is 1.82. The van der Waals surface area contributed by atoms with Crippen molar-refractivity contribution in [2.24, 2.45) is 23.7 Å². The molecule has 2 saturated carbocycles. The SMILES string of the molecule is C=CC[C@H](C(F)(F)F)S(=O)(=O)NC(=O)c1ccc2c(c1)N(C[C@@H]1CC[C@H]1[C@@H](O)CC=C)C[C@@]1(CCCc3cc(Cl)ccc31)CO2.C=CC[C@H](O)[C@@H]1CC[C@H]1CN1C[C@@]2(CCCc3cc(Cl)ccc32)COc2ccc(C(=O)NS(=O)(=O)[C@@H](CC=C)C(F)(F)F)cc21. The normalized spacial score (nSPS) is 24.2. The molecule has 4 aliphatic carbocycles. The second-order valence-corrected chi connectivity index (χ2v) is 29.4. The standard InChI is InChI=1S/2C33H38ClF3N2O5S/c2*1-3-6-28(40)25-12-9-23(25)18-39-19-32(15-5-8-21-16-24(34)11-13-26(21)32)20-44-29-14-10-22(17-27(29)39)31(41)38-45(42,43)30(7-4-2)33(35,36)37/h2*3-4,10-11,13-14,16-17,23,25,28,30,40H,1-2,5-9,12,15,18-20H2,(H,38,41)/t23-,25+,28-,30+,32-;23-,25+,28-,30-,32-/m00/s1. The van der Waals surface area contributed by atoms with Gasteiger partial charge >= 0.3 is 12.4 Å². The van der Waals surface area contributed by atoms with E-state index >= 15 is 0 Å². The molecule has 14 nitrogen and oxygen atoms in total. The molecule has 4 N–H and O–H groups in total. The fourth-order valence-electron chi connectivity index (χ4n) is 14.1. The van der Waals surface area contributed by atoms with E-state index < -0.39 is 90.6 Å². The van der Waals surface area contributed by atoms with Crippen LogP contribution in [0.25, 0.3) is 0 Å². The minimum atomic E-state index is -5.11. The number of aliphatic hydroxyl groups excluding tert-OH is 2. The number of sulfonamides is 2. The van der Waals surface area contributed by atoms with Crippen LogP contribution in [0.15, 0.2) is 123 Å². The van der Waals surface area contributed by atoms with E-state index in [9.17, 15) is 63.0 Å². The van der Waals surface area contributed by atoms with Gasteiger partial charge in [-0.1, -0.05) is 59.6 Å². The Hall–Kier alpha value is -6.04. The molecule has 0 radical (unpaired) electrons. The highest BCUT2D eigenvalue weighted by atomic mass is 35.5. The quantitative estimate of drug-likeness (QED) is 0.0484. The molecule has 90 heavy (non-hydrogen) atoms. The molecule has 6 aliphatic rings. The number of nitrogens with one attached hydrogen (secondary N) is 2. The molecule has 488 valence electrons. The number of hydrogen-bond acceptors (Lipinski definition) is 12. The number of aryl methyl sites for hydroxylation is 2. The van der Waals surface area contributed by atoms with E-state index in [-0.39, 0.29) is 34.8 Å². The number of ether oxygens (including phenoxy) is 2. The van der Waals surface area contributed by atoms with Crippen molar-refractivity contribution in [3.05, 3.63) is 167 Å². The Morgan fingerprint density at radius 3 is 1.30 bits per heavy atom. The highest BCUT2D eigenvalue weighted by Crippen LogP contribution is 2.50. The lowest BCUT2D eigenvalue weighted by molar-refractivity contribution is -0.130. The van der Waals surface area contributed by atoms with Crippen LogP contribution in [0, 0.1) is 23.7 Å². The van der Waals surface area contributed by atoms with E-state index in [2.05, 4.69) is 36.1 Å². The zero-order chi connectivity index (χ0) is 65.1. The van der Waals surface area contributed by atoms with Crippen molar-refractivity contribution in [2.75, 3.05) is 49.2 Å². The van der Waals surface area contributed by atoms with Crippen LogP contribution in [0.4, 0.5) is 37.7 Å². The lowest BCUT2D eigenvalue weighted by Gasteiger charge is -2.45. The lowest BCUT2D eigenvalue weighted by Crippen LogP contribution is -2.49. The summed E-state index contributed by atoms with van der Waals surface area (Å²) in [5.41, 5.74) is 4.60. The number of aliphatic hydroxyl groups is 2. The van der Waals surface area contributed by atoms with Gasteiger partial charge < -0.3 is 29.5 Å². The number of fused-ring (bicyclic) bond motifs is 6. The maximum atomic E-state index is 13.5. The van der Waals surface area contributed by atoms with Gasteiger partial charge in [-0.15, -0.1) is 26.3 Å². The van der Waals surface area contributed by atoms with Crippen LogP contribution in [0.3, 0.4) is 0 Å². The van der Waals surface area contributed by atoms with Crippen LogP contribution in [0.5, 0.6) is 11.5 Å². The maximum Gasteiger partial charge on any atom is 0.407 e. The minimum Gasteiger partial charge on any atom is -0.490 e. The Bertz CT molecular complexity index is 3360. The zero-order valence-corrected chi connectivity index (χ0v) is 52.9. The molecule has 24 heteroatoms. The van der Waals surface area contributed by atoms with Crippen LogP contribution in [-0.2, 0) is 43.7 Å². The summed E-state index contributed by atoms with van der Waals surface area (Å²) in [5.74, 6) is -0.980. The molecule has 2 fully saturated rings. The van der Waals surface area contributed by atoms with Gasteiger partial charge in [-0.05, 0) is 196 Å². The lowest BCUT2D eigenvalue weighted by atomic mass is 9.68. The van der Waals surface area contributed by atoms with Crippen LogP contribution >= 0.6 is 23.2 Å². The summed E-state index contributed by atoms with van der Waals surface area (Å²) >= 11 is 12.7. The number of allylic oxidation sites excluding steroid dienone is 2. The first-order chi connectivity index (χ1) is 42.5. The first-order valence-corrected chi connectivity index (χ1v) is 34.1. The van der Waals surface area contributed by atoms with Crippen LogP contribution in [0.1, 0.15) is 120 Å². The number of amides is 2. The van der Waals surface area contributed by atoms with Gasteiger partial charge in [0.05, 0.1) is 36.8 Å². The molecule has 0 bridgehead atoms. The third-order valence-electron chi connectivity index (χ3n) is 19.0. The van der Waals surface area contributed by atoms with Gasteiger partial charge in [0.2, 0.25) is 20.0 Å². The molecule has 2 heterocycles. The van der Waals surface area contributed by atoms with Crippen molar-refractivity contribution in [3.8, 4) is 11.5 Å². The predicted octanol–water partition coefficient (Wildman–Crippen LogP) is 12.7. The second kappa shape index (κ2) is 27.7. The Morgan fingerprint density at radius 2 is 0.967 bits per heavy atom. The number of alkyl halides is 6. The fourth-order valence-corrected chi connectivity index (χ4v) is 17.0. The molecule has 2 amide bonds. The van der Waals surface area contributed by atoms with Gasteiger partial charge in [0.25, 0.3) is 11.8 Å². The van der Waals surface area contributed by atoms with Gasteiger partial charge in [0.15, 0.2) is 10.5 Å². The molecule has 4 aromatic rings. The molecule has 0 aromatic heterocycles. The molecular weight excluding hydrogens is 1260 g/mol. The highest BCUT2D eigenvalue weighted by molar-refractivity contribution is 7.91. The summed E-state index contributed by atoms with van der Waals surface area (Å²) in [4.78, 5) is 30.6. The second-order valence-electron chi connectivity index (χ2n) is 24.8. The Morgan fingerprint density at radius 1 is 0.589 bits per heavy atom. The summed E-state index contributed by atoms with van der Waals surface area (Å²) in [5, 5.41) is 17.2. The fraction of sp³-hybridized carbons (Fsp3) is 0.485. The van der Waals surface area contributed by atoms with Gasteiger partial charge in [0, 0.05) is 58.2 Å². The van der Waals surface area contributed by atoms with Gasteiger partial charge in [-0.25, -0.2) is 26.3 Å². The number of nitrogens with zero attached hydrogens (tertiary/aromatic N) is 2. The van der Waals surface area contributed by atoms with E-state index in [1.165, 1.54) is 24.3 Å². The maximum absolute atomic E-state index is 13.5. The van der Waals surface area contributed by atoms with Crippen molar-refractivity contribution in [1.29, 1.82) is 0 Å². The highest BCUT2D eigenvalue weighted by Gasteiger charge is 2.51. The van der Waals surface area contributed by atoms with Crippen LogP contribution < -0.4 is 28.7 Å². The van der Waals surface area contributed by atoms with E-state index in [4.69, 9.17) is 32.7 Å². The van der Waals surface area contributed by atoms with Crippen molar-refractivity contribution in [1.82, 2.24) is 9.44 Å². The number of carbonyl (C=O) groups is 2. The predicted molar refractivity (Wildman–Crippen MR) is 337 cm³/mol. The number of rotatable bonds is 20. The molecule has 2 spiro atoms. The first kappa shape index (κ1) is 68.3. The first-order valence-electron chi connectivity index (χ1n) is 30.2. The molecule has 4 aromatic carbocycles. The minimum absolute atomic E-state index is 0.0600. The Kier molecular flexibility index (Phi) is 21.0. The number of carbonyl (C=O) groups excluding carboxylic acids is 2. The molecule has 2 aliphatic heterocycles. The Balaban J connectivity index is 0.000000213. The third-order valence-corrected chi connectivity index (χ3v) is 22.8. The summed E-state index contributed by atoms with van der Waals surface area (Å²) in [6, 6.07) is 20.6. The van der Waals surface area contributed by atoms with Crippen molar-refractivity contribution >= 4 is 66.4 Å². The van der Waals surface area contributed by atoms with E-state index in [1.807, 2.05) is 36.4 Å². The van der Waals surface area contributed by atoms with E-state index in [1.54, 1.807) is 33.7 Å². The average molecular weight is 1330 g/mol. The van der Waals surface area contributed by atoms with Crippen molar-refractivity contribution in [3.63, 3.8) is 0 Å². The smallest absolute Gasteiger partial charge is 0.407 e. The summed E-state index contributed by atoms with van der Waals surface area (Å²) in [6.45, 7) is 16.8. The van der Waals surface area contributed by atoms with E-state index in [0.29, 0.717) is 85.2 Å². The summed E-state index contributed by atoms with van der Waals surface area (Å²) < 4.78 is 148. The monoisotopic (exact) mass is 1330 g/mol. The number of benzene rings is 4. The molecule has 0 unspecified atom stereocenters. The van der Waals surface area contributed by atoms with Gasteiger partial charge in [-0.3, -0.25) is 9.59 Å². The van der Waals surface area contributed by atoms with Crippen molar-refractivity contribution < 1.29 is 72.5 Å². The van der Waals surface area contributed by atoms with Gasteiger partial charge in [-0.2, -0.15) is 26.3 Å². The molecule has 0 saturated heterocycles. The van der Waals surface area contributed by atoms with Crippen molar-refractivity contribution in [2.45, 2.75) is 136 Å². The largest absolute Gasteiger partial charge is 0.490 e. The van der Waals surface area contributed by atoms with E-state index in [0.717, 1.165) is 98.6 Å². The average Bonchev–Trinajstić information content (AvgIpc) is 2.05. The van der Waals surface area contributed by atoms with Crippen LogP contribution in [-0.4, -0.2) is 113 Å². The summed E-state index contributed by atoms with van der Waals surface area (Å²) in [7, 11) is -10.2. The van der Waals surface area contributed by atoms with Gasteiger partial charge in [0.1, 0.15) is 11.5 Å². The number of halogens is 8.